The molecular formula is C43H38BrN3O4S. The quantitative estimate of drug-likeness (QED) is 0.0598. The fourth-order valence-corrected chi connectivity index (χ4v) is 6.52. The van der Waals surface area contributed by atoms with Crippen LogP contribution in [0.1, 0.15) is 40.8 Å². The summed E-state index contributed by atoms with van der Waals surface area (Å²) in [6.07, 6.45) is 10.5. The maximum absolute atomic E-state index is 14.2. The largest absolute Gasteiger partial charge is 0.489 e. The normalized spacial score (nSPS) is 14.1. The van der Waals surface area contributed by atoms with E-state index in [0.717, 1.165) is 38.5 Å². The molecule has 1 N–H and O–H groups in total. The average Bonchev–Trinajstić information content (AvgIpc) is 3.16. The number of ether oxygens (including phenoxy) is 1. The van der Waals surface area contributed by atoms with E-state index in [1.807, 2.05) is 97.1 Å². The number of benzene rings is 4. The van der Waals surface area contributed by atoms with Gasteiger partial charge in [0.25, 0.3) is 11.8 Å². The molecule has 0 unspecified atom stereocenters. The smallest absolute Gasteiger partial charge is 0.285 e. The van der Waals surface area contributed by atoms with Gasteiger partial charge in [-0.1, -0.05) is 137 Å². The first-order chi connectivity index (χ1) is 25.3. The lowest BCUT2D eigenvalue weighted by Crippen LogP contribution is -2.42. The SMILES string of the molecule is C=C/C=C\C(=C/C)N1C(=O)/C(=C/c2ccc(OCc3ccc(Br)cc3)c(CC=C)c2)C(=O)N=C1SCC(=O)NC(c1ccccc1)c1ccccc1. The lowest BCUT2D eigenvalue weighted by atomic mass is 9.99. The highest BCUT2D eigenvalue weighted by molar-refractivity contribution is 9.10. The number of nitrogens with zero attached hydrogens (tertiary/aromatic N) is 2. The molecule has 0 bridgehead atoms. The number of amidine groups is 1. The molecule has 4 aromatic rings. The second kappa shape index (κ2) is 18.6. The van der Waals surface area contributed by atoms with Gasteiger partial charge >= 0.3 is 0 Å². The number of thioether (sulfide) groups is 1. The molecule has 0 atom stereocenters. The summed E-state index contributed by atoms with van der Waals surface area (Å²) in [5.74, 6) is -0.945. The van der Waals surface area contributed by atoms with Crippen LogP contribution in [0, 0.1) is 0 Å². The van der Waals surface area contributed by atoms with Crippen molar-refractivity contribution in [1.82, 2.24) is 10.2 Å². The second-order valence-electron chi connectivity index (χ2n) is 11.6. The van der Waals surface area contributed by atoms with Gasteiger partial charge in [0, 0.05) is 10.2 Å². The molecule has 5 rings (SSSR count). The van der Waals surface area contributed by atoms with Crippen LogP contribution in [-0.2, 0) is 27.4 Å². The van der Waals surface area contributed by atoms with E-state index < -0.39 is 11.8 Å². The monoisotopic (exact) mass is 771 g/mol. The van der Waals surface area contributed by atoms with Crippen molar-refractivity contribution >= 4 is 56.7 Å². The number of amides is 3. The molecule has 1 aliphatic rings. The van der Waals surface area contributed by atoms with Crippen LogP contribution in [0.2, 0.25) is 0 Å². The Balaban J connectivity index is 1.40. The minimum absolute atomic E-state index is 0.0834. The Labute approximate surface area is 317 Å². The predicted octanol–water partition coefficient (Wildman–Crippen LogP) is 9.15. The van der Waals surface area contributed by atoms with Gasteiger partial charge in [-0.2, -0.15) is 4.99 Å². The molecule has 3 amide bonds. The zero-order valence-corrected chi connectivity index (χ0v) is 31.1. The third-order valence-electron chi connectivity index (χ3n) is 7.98. The molecule has 9 heteroatoms. The van der Waals surface area contributed by atoms with E-state index >= 15 is 0 Å². The number of hydrogen-bond donors (Lipinski definition) is 1. The molecule has 0 aromatic heterocycles. The van der Waals surface area contributed by atoms with Crippen LogP contribution in [0.25, 0.3) is 6.08 Å². The van der Waals surface area contributed by atoms with Crippen molar-refractivity contribution in [3.63, 3.8) is 0 Å². The first-order valence-corrected chi connectivity index (χ1v) is 18.4. The molecule has 0 saturated carbocycles. The minimum atomic E-state index is -0.695. The molecule has 0 radical (unpaired) electrons. The summed E-state index contributed by atoms with van der Waals surface area (Å²) in [6, 6.07) is 32.4. The highest BCUT2D eigenvalue weighted by Gasteiger charge is 2.35. The van der Waals surface area contributed by atoms with Gasteiger partial charge in [0.05, 0.1) is 11.8 Å². The number of rotatable bonds is 14. The molecule has 1 aliphatic heterocycles. The van der Waals surface area contributed by atoms with Crippen molar-refractivity contribution < 1.29 is 19.1 Å². The first-order valence-electron chi connectivity index (χ1n) is 16.6. The average molecular weight is 773 g/mol. The van der Waals surface area contributed by atoms with Gasteiger partial charge in [-0.25, -0.2) is 0 Å². The van der Waals surface area contributed by atoms with Gasteiger partial charge in [0.15, 0.2) is 5.17 Å². The summed E-state index contributed by atoms with van der Waals surface area (Å²) in [5, 5.41) is 3.21. The number of allylic oxidation sites excluding steroid dienone is 5. The minimum Gasteiger partial charge on any atom is -0.489 e. The summed E-state index contributed by atoms with van der Waals surface area (Å²) in [7, 11) is 0. The lowest BCUT2D eigenvalue weighted by molar-refractivity contribution is -0.126. The van der Waals surface area contributed by atoms with Gasteiger partial charge in [-0.05, 0) is 77.6 Å². The van der Waals surface area contributed by atoms with Crippen LogP contribution in [0.5, 0.6) is 5.75 Å². The number of halogens is 1. The van der Waals surface area contributed by atoms with Crippen LogP contribution in [0.3, 0.4) is 0 Å². The van der Waals surface area contributed by atoms with Crippen LogP contribution >= 0.6 is 27.7 Å². The molecule has 0 fully saturated rings. The summed E-state index contributed by atoms with van der Waals surface area (Å²) >= 11 is 4.47. The van der Waals surface area contributed by atoms with E-state index in [2.05, 4.69) is 39.4 Å². The molecule has 262 valence electrons. The van der Waals surface area contributed by atoms with E-state index in [9.17, 15) is 14.4 Å². The van der Waals surface area contributed by atoms with Crippen LogP contribution in [-0.4, -0.2) is 33.5 Å². The Morgan fingerprint density at radius 1 is 0.962 bits per heavy atom. The van der Waals surface area contributed by atoms with Gasteiger partial charge in [0.2, 0.25) is 5.91 Å². The van der Waals surface area contributed by atoms with Crippen molar-refractivity contribution in [3.05, 3.63) is 190 Å². The number of aliphatic imine (C=N–C) groups is 1. The Morgan fingerprint density at radius 2 is 1.63 bits per heavy atom. The van der Waals surface area contributed by atoms with Gasteiger partial charge in [-0.15, -0.1) is 6.58 Å². The highest BCUT2D eigenvalue weighted by Crippen LogP contribution is 2.29. The summed E-state index contributed by atoms with van der Waals surface area (Å²) in [5.41, 5.74) is 4.72. The van der Waals surface area contributed by atoms with Gasteiger partial charge < -0.3 is 10.1 Å². The van der Waals surface area contributed by atoms with E-state index in [1.165, 1.54) is 11.0 Å². The maximum Gasteiger partial charge on any atom is 0.285 e. The molecule has 4 aromatic carbocycles. The standard InChI is InChI=1S/C43H38BrN3O4S/c1-4-7-19-36(6-3)47-42(50)37(27-31-22-25-38(34(26-31)14-5-2)51-28-30-20-23-35(44)24-21-30)41(49)46-43(47)52-29-39(48)45-40(32-15-10-8-11-16-32)33-17-12-9-13-18-33/h4-13,15-27,40H,1-2,14,28-29H2,3H3,(H,45,48)/b19-7-,36-6+,37-27+. The third-order valence-corrected chi connectivity index (χ3v) is 9.45. The van der Waals surface area contributed by atoms with Crippen molar-refractivity contribution in [3.8, 4) is 5.75 Å². The Morgan fingerprint density at radius 3 is 2.25 bits per heavy atom. The molecule has 0 aliphatic carbocycles. The summed E-state index contributed by atoms with van der Waals surface area (Å²) < 4.78 is 7.12. The molecule has 52 heavy (non-hydrogen) atoms. The molecule has 0 spiro atoms. The van der Waals surface area contributed by atoms with Crippen molar-refractivity contribution in [2.24, 2.45) is 4.99 Å². The Hall–Kier alpha value is -5.51. The number of carbonyl (C=O) groups is 3. The van der Waals surface area contributed by atoms with E-state index in [4.69, 9.17) is 4.74 Å². The van der Waals surface area contributed by atoms with E-state index in [0.29, 0.717) is 30.0 Å². The zero-order valence-electron chi connectivity index (χ0n) is 28.7. The number of hydrogen-bond acceptors (Lipinski definition) is 5. The Bertz CT molecular complexity index is 2020. The Kier molecular flexibility index (Phi) is 13.5. The van der Waals surface area contributed by atoms with Crippen LogP contribution < -0.4 is 10.1 Å². The summed E-state index contributed by atoms with van der Waals surface area (Å²) in [4.78, 5) is 46.8. The molecule has 0 saturated heterocycles. The van der Waals surface area contributed by atoms with E-state index in [1.54, 1.807) is 43.4 Å². The zero-order chi connectivity index (χ0) is 36.9. The van der Waals surface area contributed by atoms with Gasteiger partial charge in [0.1, 0.15) is 17.9 Å². The van der Waals surface area contributed by atoms with Crippen molar-refractivity contribution in [1.29, 1.82) is 0 Å². The topological polar surface area (TPSA) is 88.1 Å². The molecule has 7 nitrogen and oxygen atoms in total. The molecular weight excluding hydrogens is 734 g/mol. The molecule has 1 heterocycles. The van der Waals surface area contributed by atoms with Gasteiger partial charge in [-0.3, -0.25) is 19.3 Å². The van der Waals surface area contributed by atoms with Crippen LogP contribution in [0.15, 0.2) is 167 Å². The summed E-state index contributed by atoms with van der Waals surface area (Å²) in [6.45, 7) is 9.78. The highest BCUT2D eigenvalue weighted by atomic mass is 79.9. The van der Waals surface area contributed by atoms with Crippen LogP contribution in [0.4, 0.5) is 0 Å². The van der Waals surface area contributed by atoms with E-state index in [-0.39, 0.29) is 28.4 Å². The fourth-order valence-electron chi connectivity index (χ4n) is 5.45. The van der Waals surface area contributed by atoms with Crippen molar-refractivity contribution in [2.75, 3.05) is 5.75 Å². The fraction of sp³-hybridized carbons (Fsp3) is 0.116. The second-order valence-corrected chi connectivity index (χ2v) is 13.5. The van der Waals surface area contributed by atoms with Crippen molar-refractivity contribution in [2.45, 2.75) is 26.0 Å². The third kappa shape index (κ3) is 9.84. The predicted molar refractivity (Wildman–Crippen MR) is 215 cm³/mol. The first kappa shape index (κ1) is 37.7. The number of carbonyl (C=O) groups excluding carboxylic acids is 3. The maximum atomic E-state index is 14.2. The number of nitrogens with one attached hydrogen (secondary N) is 1. The lowest BCUT2D eigenvalue weighted by Gasteiger charge is -2.28.